The summed E-state index contributed by atoms with van der Waals surface area (Å²) < 4.78 is 30.4. The van der Waals surface area contributed by atoms with Gasteiger partial charge in [-0.25, -0.2) is 8.42 Å². The Kier molecular flexibility index (Phi) is 6.84. The van der Waals surface area contributed by atoms with E-state index in [2.05, 4.69) is 26.8 Å². The van der Waals surface area contributed by atoms with Crippen molar-refractivity contribution >= 4 is 32.2 Å². The van der Waals surface area contributed by atoms with Crippen LogP contribution >= 0.6 is 0 Å². The normalized spacial score (nSPS) is 17.6. The molecule has 9 nitrogen and oxygen atoms in total. The average Bonchev–Trinajstić information content (AvgIpc) is 2.98. The molecule has 0 aliphatic carbocycles. The molecule has 2 saturated heterocycles. The summed E-state index contributed by atoms with van der Waals surface area (Å²) in [4.78, 5) is 20.7. The van der Waals surface area contributed by atoms with Crippen LogP contribution in [0, 0.1) is 0 Å². The van der Waals surface area contributed by atoms with Gasteiger partial charge in [0.2, 0.25) is 10.0 Å². The van der Waals surface area contributed by atoms with Gasteiger partial charge in [-0.2, -0.15) is 14.1 Å². The van der Waals surface area contributed by atoms with Crippen molar-refractivity contribution in [3.8, 4) is 5.69 Å². The minimum Gasteiger partial charge on any atom is -0.366 e. The molecule has 4 aromatic rings. The third kappa shape index (κ3) is 4.80. The van der Waals surface area contributed by atoms with Crippen molar-refractivity contribution in [2.75, 3.05) is 69.2 Å². The number of hydrogen-bond acceptors (Lipinski definition) is 7. The zero-order valence-corrected chi connectivity index (χ0v) is 22.8. The average molecular weight is 545 g/mol. The summed E-state index contributed by atoms with van der Waals surface area (Å²) in [5, 5.41) is 6.17. The van der Waals surface area contributed by atoms with Crippen molar-refractivity contribution in [3.05, 3.63) is 89.3 Å². The molecule has 39 heavy (non-hydrogen) atoms. The van der Waals surface area contributed by atoms with Crippen LogP contribution < -0.4 is 15.4 Å². The van der Waals surface area contributed by atoms with Gasteiger partial charge in [-0.05, 0) is 30.6 Å². The highest BCUT2D eigenvalue weighted by Crippen LogP contribution is 2.30. The van der Waals surface area contributed by atoms with Gasteiger partial charge in [-0.3, -0.25) is 4.79 Å². The van der Waals surface area contributed by atoms with E-state index in [1.165, 1.54) is 4.68 Å². The molecule has 0 N–H and O–H groups in total. The summed E-state index contributed by atoms with van der Waals surface area (Å²) >= 11 is 0. The third-order valence-corrected chi connectivity index (χ3v) is 9.66. The molecule has 3 heterocycles. The quantitative estimate of drug-likeness (QED) is 0.382. The SMILES string of the molecule is CN1CCN(c2c(N3CCN(S(=O)(=O)c4cccc5ccccc45)CC3)cnn(-c3ccccc3)c2=O)CC1. The van der Waals surface area contributed by atoms with Gasteiger partial charge in [0.25, 0.3) is 5.56 Å². The monoisotopic (exact) mass is 544 g/mol. The van der Waals surface area contributed by atoms with E-state index in [9.17, 15) is 13.2 Å². The molecule has 2 fully saturated rings. The molecule has 6 rings (SSSR count). The van der Waals surface area contributed by atoms with Crippen molar-refractivity contribution in [2.45, 2.75) is 4.90 Å². The lowest BCUT2D eigenvalue weighted by Gasteiger charge is -2.39. The van der Waals surface area contributed by atoms with Gasteiger partial charge in [0.05, 0.1) is 22.5 Å². The summed E-state index contributed by atoms with van der Waals surface area (Å²) in [5.41, 5.74) is 1.95. The highest BCUT2D eigenvalue weighted by molar-refractivity contribution is 7.89. The molecular formula is C29H32N6O3S. The number of anilines is 2. The number of hydrogen-bond donors (Lipinski definition) is 0. The first kappa shape index (κ1) is 25.5. The molecular weight excluding hydrogens is 512 g/mol. The Hall–Kier alpha value is -3.73. The van der Waals surface area contributed by atoms with E-state index in [0.29, 0.717) is 36.8 Å². The first-order chi connectivity index (χ1) is 18.9. The molecule has 0 saturated carbocycles. The predicted octanol–water partition coefficient (Wildman–Crippen LogP) is 2.65. The van der Waals surface area contributed by atoms with Gasteiger partial charge in [-0.1, -0.05) is 54.6 Å². The van der Waals surface area contributed by atoms with Crippen LogP contribution in [-0.4, -0.2) is 86.8 Å². The second kappa shape index (κ2) is 10.4. The smallest absolute Gasteiger partial charge is 0.297 e. The number of fused-ring (bicyclic) bond motifs is 1. The standard InChI is InChI=1S/C29H32N6O3S/c1-31-14-16-33(17-15-31)28-26(22-30-35(29(28)36)24-10-3-2-4-11-24)32-18-20-34(21-19-32)39(37,38)27-13-7-9-23-8-5-6-12-25(23)27/h2-13,22H,14-21H2,1H3. The summed E-state index contributed by atoms with van der Waals surface area (Å²) in [6, 6.07) is 22.4. The van der Waals surface area contributed by atoms with Gasteiger partial charge < -0.3 is 14.7 Å². The van der Waals surface area contributed by atoms with Crippen molar-refractivity contribution in [3.63, 3.8) is 0 Å². The van der Waals surface area contributed by atoms with Crippen molar-refractivity contribution < 1.29 is 8.42 Å². The molecule has 0 bridgehead atoms. The lowest BCUT2D eigenvalue weighted by molar-refractivity contribution is 0.312. The molecule has 1 aromatic heterocycles. The van der Waals surface area contributed by atoms with E-state index < -0.39 is 10.0 Å². The minimum absolute atomic E-state index is 0.158. The first-order valence-corrected chi connectivity index (χ1v) is 14.7. The van der Waals surface area contributed by atoms with Crippen LogP contribution in [0.3, 0.4) is 0 Å². The van der Waals surface area contributed by atoms with Gasteiger partial charge in [0.1, 0.15) is 5.69 Å². The van der Waals surface area contributed by atoms with E-state index in [4.69, 9.17) is 0 Å². The van der Waals surface area contributed by atoms with Gasteiger partial charge in [-0.15, -0.1) is 0 Å². The number of piperazine rings is 2. The first-order valence-electron chi connectivity index (χ1n) is 13.3. The molecule has 202 valence electrons. The molecule has 2 aliphatic heterocycles. The number of sulfonamides is 1. The highest BCUT2D eigenvalue weighted by Gasteiger charge is 2.32. The highest BCUT2D eigenvalue weighted by atomic mass is 32.2. The van der Waals surface area contributed by atoms with Gasteiger partial charge >= 0.3 is 0 Å². The van der Waals surface area contributed by atoms with E-state index in [-0.39, 0.29) is 5.56 Å². The zero-order chi connectivity index (χ0) is 27.0. The van der Waals surface area contributed by atoms with Crippen LogP contribution in [0.5, 0.6) is 0 Å². The molecule has 0 spiro atoms. The second-order valence-corrected chi connectivity index (χ2v) is 12.0. The van der Waals surface area contributed by atoms with Gasteiger partial charge in [0, 0.05) is 57.7 Å². The maximum absolute atomic E-state index is 13.9. The molecule has 0 unspecified atom stereocenters. The maximum atomic E-state index is 13.9. The topological polar surface area (TPSA) is 82.0 Å². The van der Waals surface area contributed by atoms with Gasteiger partial charge in [0.15, 0.2) is 0 Å². The predicted molar refractivity (Wildman–Crippen MR) is 154 cm³/mol. The Bertz CT molecular complexity index is 1640. The Labute approximate surface area is 228 Å². The number of benzene rings is 3. The maximum Gasteiger partial charge on any atom is 0.297 e. The van der Waals surface area contributed by atoms with E-state index >= 15 is 0 Å². The van der Waals surface area contributed by atoms with E-state index in [1.807, 2.05) is 60.7 Å². The van der Waals surface area contributed by atoms with E-state index in [1.54, 1.807) is 22.6 Å². The summed E-state index contributed by atoms with van der Waals surface area (Å²) in [6.45, 7) is 4.82. The van der Waals surface area contributed by atoms with Crippen LogP contribution in [0.4, 0.5) is 11.4 Å². The Balaban J connectivity index is 1.30. The lowest BCUT2D eigenvalue weighted by Crippen LogP contribution is -2.51. The summed E-state index contributed by atoms with van der Waals surface area (Å²) in [6.07, 6.45) is 1.76. The number of aromatic nitrogens is 2. The number of para-hydroxylation sites is 1. The second-order valence-electron chi connectivity index (χ2n) is 10.1. The molecule has 10 heteroatoms. The zero-order valence-electron chi connectivity index (χ0n) is 22.0. The summed E-state index contributed by atoms with van der Waals surface area (Å²) in [7, 11) is -1.59. The number of nitrogens with zero attached hydrogens (tertiary/aromatic N) is 6. The molecule has 0 atom stereocenters. The van der Waals surface area contributed by atoms with Crippen LogP contribution in [-0.2, 0) is 10.0 Å². The fourth-order valence-electron chi connectivity index (χ4n) is 5.48. The van der Waals surface area contributed by atoms with Crippen molar-refractivity contribution in [2.24, 2.45) is 0 Å². The largest absolute Gasteiger partial charge is 0.366 e. The van der Waals surface area contributed by atoms with Crippen molar-refractivity contribution in [1.82, 2.24) is 19.0 Å². The number of rotatable bonds is 5. The Morgan fingerprint density at radius 1 is 0.718 bits per heavy atom. The van der Waals surface area contributed by atoms with Crippen LogP contribution in [0.25, 0.3) is 16.5 Å². The van der Waals surface area contributed by atoms with Crippen LogP contribution in [0.2, 0.25) is 0 Å². The molecule has 0 radical (unpaired) electrons. The fraction of sp³-hybridized carbons (Fsp3) is 0.310. The van der Waals surface area contributed by atoms with Crippen molar-refractivity contribution in [1.29, 1.82) is 0 Å². The fourth-order valence-corrected chi connectivity index (χ4v) is 7.11. The lowest BCUT2D eigenvalue weighted by atomic mass is 10.1. The third-order valence-electron chi connectivity index (χ3n) is 7.70. The van der Waals surface area contributed by atoms with Crippen LogP contribution in [0.1, 0.15) is 0 Å². The Morgan fingerprint density at radius 3 is 2.10 bits per heavy atom. The summed E-state index contributed by atoms with van der Waals surface area (Å²) in [5.74, 6) is 0. The Morgan fingerprint density at radius 2 is 1.36 bits per heavy atom. The van der Waals surface area contributed by atoms with E-state index in [0.717, 1.165) is 48.3 Å². The molecule has 3 aromatic carbocycles. The van der Waals surface area contributed by atoms with Crippen LogP contribution in [0.15, 0.2) is 88.7 Å². The minimum atomic E-state index is -3.67. The molecule has 2 aliphatic rings. The number of likely N-dealkylation sites (N-methyl/N-ethyl adjacent to an activating group) is 1. The molecule has 0 amide bonds.